The number of carbonyl (C=O) groups is 1. The lowest BCUT2D eigenvalue weighted by Gasteiger charge is -2.11. The molecule has 0 bridgehead atoms. The lowest BCUT2D eigenvalue weighted by atomic mass is 10.1. The average Bonchev–Trinajstić information content (AvgIpc) is 2.45. The van der Waals surface area contributed by atoms with Gasteiger partial charge in [0.25, 0.3) is 5.91 Å². The van der Waals surface area contributed by atoms with Crippen molar-refractivity contribution >= 4 is 46.4 Å². The van der Waals surface area contributed by atoms with E-state index in [9.17, 15) is 4.79 Å². The molecule has 116 valence electrons. The number of halogens is 3. The van der Waals surface area contributed by atoms with Crippen molar-refractivity contribution < 1.29 is 9.53 Å². The fraction of sp³-hybridized carbons (Fsp3) is 0.188. The second-order valence-electron chi connectivity index (χ2n) is 4.83. The van der Waals surface area contributed by atoms with Gasteiger partial charge in [0.1, 0.15) is 5.75 Å². The second-order valence-corrected chi connectivity index (χ2v) is 6.05. The molecular weight excluding hydrogens is 345 g/mol. The van der Waals surface area contributed by atoms with Crippen molar-refractivity contribution in [1.29, 1.82) is 0 Å². The number of aryl methyl sites for hydroxylation is 2. The molecule has 0 fully saturated rings. The maximum Gasteiger partial charge on any atom is 0.262 e. The van der Waals surface area contributed by atoms with Crippen LogP contribution >= 0.6 is 34.8 Å². The Morgan fingerprint density at radius 1 is 1.09 bits per heavy atom. The Morgan fingerprint density at radius 2 is 1.73 bits per heavy atom. The summed E-state index contributed by atoms with van der Waals surface area (Å²) >= 11 is 17.9. The average molecular weight is 359 g/mol. The summed E-state index contributed by atoms with van der Waals surface area (Å²) in [4.78, 5) is 11.9. The fourth-order valence-electron chi connectivity index (χ4n) is 1.92. The maximum absolute atomic E-state index is 11.9. The van der Waals surface area contributed by atoms with Gasteiger partial charge in [0, 0.05) is 10.0 Å². The summed E-state index contributed by atoms with van der Waals surface area (Å²) in [6.07, 6.45) is 0. The minimum atomic E-state index is -0.311. The Balaban J connectivity index is 1.98. The van der Waals surface area contributed by atoms with Crippen LogP contribution in [0.2, 0.25) is 15.1 Å². The zero-order valence-electron chi connectivity index (χ0n) is 12.0. The third kappa shape index (κ3) is 4.29. The Hall–Kier alpha value is -1.42. The molecule has 0 spiro atoms. The van der Waals surface area contributed by atoms with Gasteiger partial charge in [-0.15, -0.1) is 0 Å². The summed E-state index contributed by atoms with van der Waals surface area (Å²) in [6, 6.07) is 8.43. The van der Waals surface area contributed by atoms with E-state index in [1.54, 1.807) is 30.3 Å². The zero-order chi connectivity index (χ0) is 16.3. The molecule has 0 saturated carbocycles. The first-order valence-electron chi connectivity index (χ1n) is 6.51. The Kier molecular flexibility index (Phi) is 5.57. The van der Waals surface area contributed by atoms with Crippen molar-refractivity contribution in [2.24, 2.45) is 0 Å². The SMILES string of the molecule is Cc1cc(OCC(=O)Nc2ccc(Cl)cc2Cl)cc(C)c1Cl. The quantitative estimate of drug-likeness (QED) is 0.807. The Labute approximate surface area is 144 Å². The third-order valence-electron chi connectivity index (χ3n) is 2.99. The molecule has 0 atom stereocenters. The molecule has 3 nitrogen and oxygen atoms in total. The van der Waals surface area contributed by atoms with Gasteiger partial charge >= 0.3 is 0 Å². The van der Waals surface area contributed by atoms with E-state index in [1.165, 1.54) is 0 Å². The standard InChI is InChI=1S/C16H14Cl3NO2/c1-9-5-12(6-10(2)16(9)19)22-8-15(21)20-14-4-3-11(17)7-13(14)18/h3-7H,8H2,1-2H3,(H,20,21). The first-order chi connectivity index (χ1) is 10.4. The first kappa shape index (κ1) is 16.9. The van der Waals surface area contributed by atoms with Gasteiger partial charge in [-0.25, -0.2) is 0 Å². The van der Waals surface area contributed by atoms with Crippen molar-refractivity contribution in [3.8, 4) is 5.75 Å². The van der Waals surface area contributed by atoms with Gasteiger partial charge in [0.15, 0.2) is 6.61 Å². The number of benzene rings is 2. The summed E-state index contributed by atoms with van der Waals surface area (Å²) in [5.41, 5.74) is 2.29. The van der Waals surface area contributed by atoms with E-state index in [4.69, 9.17) is 39.5 Å². The topological polar surface area (TPSA) is 38.3 Å². The maximum atomic E-state index is 11.9. The molecule has 0 heterocycles. The molecule has 0 aliphatic rings. The summed E-state index contributed by atoms with van der Waals surface area (Å²) in [7, 11) is 0. The smallest absolute Gasteiger partial charge is 0.262 e. The number of rotatable bonds is 4. The monoisotopic (exact) mass is 357 g/mol. The highest BCUT2D eigenvalue weighted by Gasteiger charge is 2.09. The molecule has 0 radical (unpaired) electrons. The van der Waals surface area contributed by atoms with Crippen LogP contribution in [-0.2, 0) is 4.79 Å². The Morgan fingerprint density at radius 3 is 2.32 bits per heavy atom. The molecular formula is C16H14Cl3NO2. The van der Waals surface area contributed by atoms with Crippen LogP contribution in [0.25, 0.3) is 0 Å². The first-order valence-corrected chi connectivity index (χ1v) is 7.64. The van der Waals surface area contributed by atoms with Crippen LogP contribution in [0.1, 0.15) is 11.1 Å². The lowest BCUT2D eigenvalue weighted by Crippen LogP contribution is -2.20. The summed E-state index contributed by atoms with van der Waals surface area (Å²) < 4.78 is 5.48. The van der Waals surface area contributed by atoms with Crippen molar-refractivity contribution in [3.63, 3.8) is 0 Å². The van der Waals surface area contributed by atoms with Crippen LogP contribution in [-0.4, -0.2) is 12.5 Å². The molecule has 6 heteroatoms. The molecule has 0 aromatic heterocycles. The van der Waals surface area contributed by atoms with E-state index in [2.05, 4.69) is 5.32 Å². The molecule has 1 N–H and O–H groups in total. The number of carbonyl (C=O) groups excluding carboxylic acids is 1. The van der Waals surface area contributed by atoms with Crippen molar-refractivity contribution in [2.75, 3.05) is 11.9 Å². The van der Waals surface area contributed by atoms with Crippen LogP contribution < -0.4 is 10.1 Å². The van der Waals surface area contributed by atoms with Crippen molar-refractivity contribution in [1.82, 2.24) is 0 Å². The largest absolute Gasteiger partial charge is 0.484 e. The van der Waals surface area contributed by atoms with Gasteiger partial charge in [-0.1, -0.05) is 34.8 Å². The molecule has 0 aliphatic heterocycles. The minimum absolute atomic E-state index is 0.126. The predicted molar refractivity (Wildman–Crippen MR) is 91.5 cm³/mol. The van der Waals surface area contributed by atoms with Crippen LogP contribution in [0, 0.1) is 13.8 Å². The number of nitrogens with one attached hydrogen (secondary N) is 1. The number of amides is 1. The van der Waals surface area contributed by atoms with Crippen molar-refractivity contribution in [3.05, 3.63) is 56.5 Å². The number of hydrogen-bond donors (Lipinski definition) is 1. The van der Waals surface area contributed by atoms with Gasteiger partial charge in [0.2, 0.25) is 0 Å². The molecule has 0 saturated heterocycles. The summed E-state index contributed by atoms with van der Waals surface area (Å²) in [5.74, 6) is 0.284. The highest BCUT2D eigenvalue weighted by atomic mass is 35.5. The third-order valence-corrected chi connectivity index (χ3v) is 4.13. The molecule has 22 heavy (non-hydrogen) atoms. The molecule has 0 unspecified atom stereocenters. The number of ether oxygens (including phenoxy) is 1. The van der Waals surface area contributed by atoms with E-state index in [-0.39, 0.29) is 12.5 Å². The second kappa shape index (κ2) is 7.23. The molecule has 1 amide bonds. The predicted octanol–water partition coefficient (Wildman–Crippen LogP) is 5.28. The van der Waals surface area contributed by atoms with E-state index < -0.39 is 0 Å². The van der Waals surface area contributed by atoms with Crippen LogP contribution in [0.4, 0.5) is 5.69 Å². The van der Waals surface area contributed by atoms with Gasteiger partial charge < -0.3 is 10.1 Å². The van der Waals surface area contributed by atoms with E-state index >= 15 is 0 Å². The zero-order valence-corrected chi connectivity index (χ0v) is 14.3. The summed E-state index contributed by atoms with van der Waals surface area (Å²) in [5, 5.41) is 4.25. The minimum Gasteiger partial charge on any atom is -0.484 e. The van der Waals surface area contributed by atoms with Crippen LogP contribution in [0.15, 0.2) is 30.3 Å². The highest BCUT2D eigenvalue weighted by molar-refractivity contribution is 6.36. The Bertz CT molecular complexity index is 694. The summed E-state index contributed by atoms with van der Waals surface area (Å²) in [6.45, 7) is 3.64. The number of anilines is 1. The van der Waals surface area contributed by atoms with Gasteiger partial charge in [-0.05, 0) is 55.3 Å². The van der Waals surface area contributed by atoms with E-state index in [0.29, 0.717) is 26.5 Å². The van der Waals surface area contributed by atoms with E-state index in [1.807, 2.05) is 13.8 Å². The molecule has 2 rings (SSSR count). The van der Waals surface area contributed by atoms with Crippen LogP contribution in [0.5, 0.6) is 5.75 Å². The number of hydrogen-bond acceptors (Lipinski definition) is 2. The highest BCUT2D eigenvalue weighted by Crippen LogP contribution is 2.27. The lowest BCUT2D eigenvalue weighted by molar-refractivity contribution is -0.118. The molecule has 2 aromatic carbocycles. The van der Waals surface area contributed by atoms with Crippen molar-refractivity contribution in [2.45, 2.75) is 13.8 Å². The van der Waals surface area contributed by atoms with Crippen LogP contribution in [0.3, 0.4) is 0 Å². The van der Waals surface area contributed by atoms with Gasteiger partial charge in [0.05, 0.1) is 10.7 Å². The van der Waals surface area contributed by atoms with Gasteiger partial charge in [-0.2, -0.15) is 0 Å². The normalized spacial score (nSPS) is 10.4. The molecule has 0 aliphatic carbocycles. The fourth-order valence-corrected chi connectivity index (χ4v) is 2.48. The van der Waals surface area contributed by atoms with E-state index in [0.717, 1.165) is 11.1 Å². The van der Waals surface area contributed by atoms with Gasteiger partial charge in [-0.3, -0.25) is 4.79 Å². The molecule has 2 aromatic rings.